The van der Waals surface area contributed by atoms with E-state index in [4.69, 9.17) is 8.83 Å². The number of hydrogen-bond donors (Lipinski definition) is 0. The van der Waals surface area contributed by atoms with Crippen molar-refractivity contribution >= 4 is 110 Å². The van der Waals surface area contributed by atoms with Gasteiger partial charge in [0.25, 0.3) is 0 Å². The van der Waals surface area contributed by atoms with Gasteiger partial charge >= 0.3 is 0 Å². The fourth-order valence-corrected chi connectivity index (χ4v) is 12.0. The first-order chi connectivity index (χ1) is 33.8. The van der Waals surface area contributed by atoms with Crippen LogP contribution in [0.2, 0.25) is 0 Å². The highest BCUT2D eigenvalue weighted by atomic mass is 16.3. The first-order valence-corrected chi connectivity index (χ1v) is 25.2. The third kappa shape index (κ3) is 6.63. The number of para-hydroxylation sites is 4. The van der Waals surface area contributed by atoms with Crippen LogP contribution in [0.25, 0.3) is 76.2 Å². The van der Waals surface area contributed by atoms with Crippen molar-refractivity contribution in [2.45, 2.75) is 84.5 Å². The van der Waals surface area contributed by atoms with Crippen molar-refractivity contribution in [2.75, 3.05) is 9.80 Å². The number of fused-ring (bicyclic) bond motifs is 6. The summed E-state index contributed by atoms with van der Waals surface area (Å²) in [6.07, 6.45) is 6.50. The van der Waals surface area contributed by atoms with Crippen LogP contribution < -0.4 is 9.80 Å². The minimum absolute atomic E-state index is 0.254. The van der Waals surface area contributed by atoms with Gasteiger partial charge in [-0.05, 0) is 136 Å². The van der Waals surface area contributed by atoms with Gasteiger partial charge in [0, 0.05) is 43.7 Å². The molecule has 1 fully saturated rings. The molecule has 0 saturated heterocycles. The Labute approximate surface area is 403 Å². The molecule has 13 rings (SSSR count). The van der Waals surface area contributed by atoms with Crippen LogP contribution in [0.1, 0.15) is 99.8 Å². The first kappa shape index (κ1) is 41.6. The van der Waals surface area contributed by atoms with Crippen molar-refractivity contribution in [3.8, 4) is 0 Å². The fourth-order valence-electron chi connectivity index (χ4n) is 12.0. The fraction of sp³-hybridized carbons (Fsp3) is 0.200. The van der Waals surface area contributed by atoms with E-state index in [9.17, 15) is 0 Å². The van der Waals surface area contributed by atoms with E-state index in [0.717, 1.165) is 78.0 Å². The zero-order chi connectivity index (χ0) is 46.5. The Bertz CT molecular complexity index is 3900. The summed E-state index contributed by atoms with van der Waals surface area (Å²) in [6, 6.07) is 63.2. The second-order valence-electron chi connectivity index (χ2n) is 20.3. The van der Waals surface area contributed by atoms with Gasteiger partial charge in [0.2, 0.25) is 0 Å². The molecule has 0 N–H and O–H groups in total. The molecule has 0 atom stereocenters. The van der Waals surface area contributed by atoms with E-state index in [2.05, 4.69) is 214 Å². The summed E-state index contributed by atoms with van der Waals surface area (Å²) in [4.78, 5) is 4.95. The van der Waals surface area contributed by atoms with E-state index in [1.165, 1.54) is 86.7 Å². The molecule has 0 unspecified atom stereocenters. The Kier molecular flexibility index (Phi) is 9.83. The molecule has 1 aliphatic carbocycles. The van der Waals surface area contributed by atoms with Gasteiger partial charge in [0.05, 0.1) is 22.7 Å². The van der Waals surface area contributed by atoms with Gasteiger partial charge in [-0.1, -0.05) is 162 Å². The second-order valence-corrected chi connectivity index (χ2v) is 20.3. The Morgan fingerprint density at radius 1 is 0.406 bits per heavy atom. The van der Waals surface area contributed by atoms with Crippen LogP contribution in [-0.4, -0.2) is 0 Å². The Hall–Kier alpha value is -7.56. The summed E-state index contributed by atoms with van der Waals surface area (Å²) in [6.45, 7) is 11.5. The maximum Gasteiger partial charge on any atom is 0.159 e. The van der Waals surface area contributed by atoms with Crippen molar-refractivity contribution in [2.24, 2.45) is 0 Å². The lowest BCUT2D eigenvalue weighted by molar-refractivity contribution is 0.443. The molecule has 69 heavy (non-hydrogen) atoms. The molecule has 0 spiro atoms. The summed E-state index contributed by atoms with van der Waals surface area (Å²) < 4.78 is 13.7. The average Bonchev–Trinajstić information content (AvgIpc) is 3.97. The van der Waals surface area contributed by atoms with Crippen LogP contribution in [0, 0.1) is 6.92 Å². The molecule has 1 saturated carbocycles. The third-order valence-corrected chi connectivity index (χ3v) is 15.4. The molecule has 0 bridgehead atoms. The van der Waals surface area contributed by atoms with Crippen LogP contribution in [0.3, 0.4) is 0 Å². The Morgan fingerprint density at radius 2 is 0.841 bits per heavy atom. The lowest BCUT2D eigenvalue weighted by atomic mass is 9.83. The summed E-state index contributed by atoms with van der Waals surface area (Å²) in [5.74, 6) is 1.12. The third-order valence-electron chi connectivity index (χ3n) is 15.4. The van der Waals surface area contributed by atoms with E-state index in [1.807, 2.05) is 0 Å². The average molecular weight is 897 g/mol. The standard InChI is InChI=1S/C65H56N2O2/c1-39(2)54-37-58(66(44-29-25-41(5)26-30-44)56-21-13-19-50-46-17-9-11-23-60(46)68-64(50)56)52-35-33-49-55(40(3)4)38-59(53-36-34-48(54)62(52)63(49)53)67(45-31-27-43(28-32-45)42-15-7-6-8-16-42)57-22-14-20-51-47-18-10-12-24-61(47)69-65(51)57/h9-14,17-40,42H,6-8,15-16H2,1-5H3. The molecular weight excluding hydrogens is 841 g/mol. The molecule has 2 aromatic heterocycles. The molecule has 1 aliphatic rings. The van der Waals surface area contributed by atoms with E-state index in [0.29, 0.717) is 5.92 Å². The number of benzene rings is 10. The smallest absolute Gasteiger partial charge is 0.159 e. The lowest BCUT2D eigenvalue weighted by Crippen LogP contribution is -2.13. The lowest BCUT2D eigenvalue weighted by Gasteiger charge is -2.31. The zero-order valence-corrected chi connectivity index (χ0v) is 40.1. The van der Waals surface area contributed by atoms with Gasteiger partial charge in [-0.2, -0.15) is 0 Å². The maximum absolute atomic E-state index is 6.90. The zero-order valence-electron chi connectivity index (χ0n) is 40.1. The number of aryl methyl sites for hydroxylation is 1. The highest BCUT2D eigenvalue weighted by Gasteiger charge is 2.29. The number of anilines is 6. The highest BCUT2D eigenvalue weighted by molar-refractivity contribution is 6.30. The van der Waals surface area contributed by atoms with Crippen molar-refractivity contribution in [1.29, 1.82) is 0 Å². The van der Waals surface area contributed by atoms with Crippen LogP contribution in [0.5, 0.6) is 0 Å². The first-order valence-electron chi connectivity index (χ1n) is 25.2. The van der Waals surface area contributed by atoms with E-state index in [1.54, 1.807) is 0 Å². The molecule has 0 amide bonds. The normalized spacial score (nSPS) is 13.8. The predicted molar refractivity (Wildman–Crippen MR) is 293 cm³/mol. The number of hydrogen-bond acceptors (Lipinski definition) is 4. The van der Waals surface area contributed by atoms with Gasteiger partial charge in [-0.3, -0.25) is 0 Å². The van der Waals surface area contributed by atoms with E-state index >= 15 is 0 Å². The minimum Gasteiger partial charge on any atom is -0.454 e. The number of furan rings is 2. The monoisotopic (exact) mass is 896 g/mol. The predicted octanol–water partition coefficient (Wildman–Crippen LogP) is 19.9. The molecule has 12 aromatic rings. The second kappa shape index (κ2) is 16.3. The van der Waals surface area contributed by atoms with Gasteiger partial charge in [-0.15, -0.1) is 0 Å². The molecule has 4 nitrogen and oxygen atoms in total. The van der Waals surface area contributed by atoms with Gasteiger partial charge < -0.3 is 18.6 Å². The van der Waals surface area contributed by atoms with E-state index in [-0.39, 0.29) is 11.8 Å². The molecule has 0 radical (unpaired) electrons. The molecular formula is C65H56N2O2. The van der Waals surface area contributed by atoms with Crippen LogP contribution in [-0.2, 0) is 0 Å². The Morgan fingerprint density at radius 3 is 1.32 bits per heavy atom. The summed E-state index contributed by atoms with van der Waals surface area (Å²) in [5.41, 5.74) is 15.4. The van der Waals surface area contributed by atoms with Gasteiger partial charge in [-0.25, -0.2) is 0 Å². The SMILES string of the molecule is Cc1ccc(N(c2cc(C(C)C)c3ccc4c(N(c5ccc(C6CCCCC6)cc5)c5cccc6c5oc5ccccc56)cc(C(C)C)c5ccc2c3c54)c2cccc3c2oc2ccccc23)cc1. The Balaban J connectivity index is 1.12. The van der Waals surface area contributed by atoms with Gasteiger partial charge in [0.15, 0.2) is 11.2 Å². The summed E-state index contributed by atoms with van der Waals surface area (Å²) >= 11 is 0. The quantitative estimate of drug-likeness (QED) is 0.135. The molecule has 0 aliphatic heterocycles. The van der Waals surface area contributed by atoms with Crippen LogP contribution in [0.15, 0.2) is 179 Å². The molecule has 338 valence electrons. The number of rotatable bonds is 9. The van der Waals surface area contributed by atoms with Gasteiger partial charge in [0.1, 0.15) is 11.2 Å². The van der Waals surface area contributed by atoms with Crippen molar-refractivity contribution in [3.05, 3.63) is 192 Å². The van der Waals surface area contributed by atoms with Crippen LogP contribution >= 0.6 is 0 Å². The number of nitrogens with zero attached hydrogens (tertiary/aromatic N) is 2. The van der Waals surface area contributed by atoms with Crippen molar-refractivity contribution < 1.29 is 8.83 Å². The largest absolute Gasteiger partial charge is 0.454 e. The molecule has 10 aromatic carbocycles. The molecule has 2 heterocycles. The van der Waals surface area contributed by atoms with Crippen LogP contribution in [0.4, 0.5) is 34.1 Å². The summed E-state index contributed by atoms with van der Waals surface area (Å²) in [7, 11) is 0. The van der Waals surface area contributed by atoms with Crippen molar-refractivity contribution in [3.63, 3.8) is 0 Å². The minimum atomic E-state index is 0.254. The van der Waals surface area contributed by atoms with E-state index < -0.39 is 0 Å². The van der Waals surface area contributed by atoms with Crippen molar-refractivity contribution in [1.82, 2.24) is 0 Å². The molecule has 4 heteroatoms. The maximum atomic E-state index is 6.90. The summed E-state index contributed by atoms with van der Waals surface area (Å²) in [5, 5.41) is 12.1. The highest BCUT2D eigenvalue weighted by Crippen LogP contribution is 2.53. The topological polar surface area (TPSA) is 32.8 Å².